The van der Waals surface area contributed by atoms with Gasteiger partial charge in [0.25, 0.3) is 11.5 Å². The third-order valence-electron chi connectivity index (χ3n) is 3.84. The van der Waals surface area contributed by atoms with Gasteiger partial charge in [0.15, 0.2) is 0 Å². The molecule has 3 rings (SSSR count). The zero-order valence-corrected chi connectivity index (χ0v) is 13.4. The average molecular weight is 323 g/mol. The summed E-state index contributed by atoms with van der Waals surface area (Å²) in [7, 11) is 3.22. The molecule has 0 aliphatic rings. The van der Waals surface area contributed by atoms with E-state index in [1.807, 2.05) is 6.07 Å². The summed E-state index contributed by atoms with van der Waals surface area (Å²) in [6, 6.07) is 14.0. The summed E-state index contributed by atoms with van der Waals surface area (Å²) in [6.45, 7) is 0.168. The number of methoxy groups -OCH3 is 1. The number of nitrogens with one attached hydrogen (secondary N) is 1. The zero-order chi connectivity index (χ0) is 17.1. The molecule has 0 bridgehead atoms. The summed E-state index contributed by atoms with van der Waals surface area (Å²) in [5.74, 6) is 0.950. The molecule has 0 radical (unpaired) electrons. The molecule has 0 aliphatic carbocycles. The van der Waals surface area contributed by atoms with Crippen LogP contribution in [-0.4, -0.2) is 22.6 Å². The van der Waals surface area contributed by atoms with Crippen LogP contribution in [0.1, 0.15) is 16.2 Å². The Bertz CT molecular complexity index is 946. The van der Waals surface area contributed by atoms with Crippen molar-refractivity contribution in [1.29, 1.82) is 0 Å². The molecule has 0 atom stereocenters. The second-order valence-electron chi connectivity index (χ2n) is 5.32. The minimum atomic E-state index is -0.236. The van der Waals surface area contributed by atoms with Crippen LogP contribution in [0.15, 0.2) is 53.3 Å². The molecule has 3 aromatic rings. The predicted octanol–water partition coefficient (Wildman–Crippen LogP) is 1.87. The number of aromatic nitrogens is 2. The van der Waals surface area contributed by atoms with E-state index in [0.717, 1.165) is 0 Å². The van der Waals surface area contributed by atoms with Gasteiger partial charge in [-0.25, -0.2) is 4.98 Å². The lowest BCUT2D eigenvalue weighted by atomic mass is 10.2. The van der Waals surface area contributed by atoms with E-state index >= 15 is 0 Å². The number of hydrogen-bond acceptors (Lipinski definition) is 4. The minimum absolute atomic E-state index is 0.130. The van der Waals surface area contributed by atoms with Crippen molar-refractivity contribution >= 4 is 16.8 Å². The molecule has 0 spiro atoms. The number of fused-ring (bicyclic) bond motifs is 1. The van der Waals surface area contributed by atoms with Gasteiger partial charge in [-0.15, -0.1) is 0 Å². The van der Waals surface area contributed by atoms with Gasteiger partial charge < -0.3 is 10.1 Å². The summed E-state index contributed by atoms with van der Waals surface area (Å²) >= 11 is 0. The van der Waals surface area contributed by atoms with Crippen LogP contribution in [-0.2, 0) is 13.6 Å². The van der Waals surface area contributed by atoms with Crippen LogP contribution >= 0.6 is 0 Å². The van der Waals surface area contributed by atoms with Gasteiger partial charge in [-0.05, 0) is 36.4 Å². The monoisotopic (exact) mass is 323 g/mol. The molecule has 0 saturated heterocycles. The first-order chi connectivity index (χ1) is 11.6. The number of hydrogen-bond donors (Lipinski definition) is 1. The highest BCUT2D eigenvalue weighted by molar-refractivity contribution is 5.94. The molecule has 6 heteroatoms. The lowest BCUT2D eigenvalue weighted by Gasteiger charge is -2.10. The molecular weight excluding hydrogens is 306 g/mol. The van der Waals surface area contributed by atoms with Crippen LogP contribution in [0.25, 0.3) is 10.9 Å². The number of benzene rings is 2. The Balaban J connectivity index is 1.81. The summed E-state index contributed by atoms with van der Waals surface area (Å²) in [5.41, 5.74) is 1.00. The van der Waals surface area contributed by atoms with Gasteiger partial charge in [-0.1, -0.05) is 12.1 Å². The summed E-state index contributed by atoms with van der Waals surface area (Å²) in [6.07, 6.45) is 0. The van der Waals surface area contributed by atoms with Crippen LogP contribution in [0.2, 0.25) is 0 Å². The molecular formula is C18H17N3O3. The molecule has 0 unspecified atom stereocenters. The highest BCUT2D eigenvalue weighted by Crippen LogP contribution is 2.11. The lowest BCUT2D eigenvalue weighted by Crippen LogP contribution is -2.29. The van der Waals surface area contributed by atoms with E-state index in [0.29, 0.717) is 28.0 Å². The fraction of sp³-hybridized carbons (Fsp3) is 0.167. The average Bonchev–Trinajstić information content (AvgIpc) is 2.63. The van der Waals surface area contributed by atoms with Gasteiger partial charge in [0, 0.05) is 12.6 Å². The second-order valence-corrected chi connectivity index (χ2v) is 5.32. The first-order valence-corrected chi connectivity index (χ1v) is 7.47. The van der Waals surface area contributed by atoms with E-state index in [-0.39, 0.29) is 18.0 Å². The lowest BCUT2D eigenvalue weighted by molar-refractivity contribution is 0.0949. The van der Waals surface area contributed by atoms with Crippen molar-refractivity contribution in [3.05, 3.63) is 70.3 Å². The van der Waals surface area contributed by atoms with Crippen LogP contribution in [0.4, 0.5) is 0 Å². The Hall–Kier alpha value is -3.15. The number of para-hydroxylation sites is 1. The van der Waals surface area contributed by atoms with Gasteiger partial charge in [0.2, 0.25) is 0 Å². The highest BCUT2D eigenvalue weighted by atomic mass is 16.5. The van der Waals surface area contributed by atoms with E-state index < -0.39 is 0 Å². The zero-order valence-electron chi connectivity index (χ0n) is 13.4. The first kappa shape index (κ1) is 15.7. The molecule has 2 aromatic carbocycles. The molecule has 0 aliphatic heterocycles. The standard InChI is InChI=1S/C18H17N3O3/c1-21-16(20-15-6-4-3-5-14(15)18(21)23)11-19-17(22)12-7-9-13(24-2)10-8-12/h3-10H,11H2,1-2H3,(H,19,22). The number of rotatable bonds is 4. The molecule has 0 saturated carbocycles. The van der Waals surface area contributed by atoms with Gasteiger partial charge >= 0.3 is 0 Å². The summed E-state index contributed by atoms with van der Waals surface area (Å²) < 4.78 is 6.52. The molecule has 1 heterocycles. The Morgan fingerprint density at radius 2 is 1.88 bits per heavy atom. The maximum absolute atomic E-state index is 12.3. The molecule has 0 fully saturated rings. The fourth-order valence-electron chi connectivity index (χ4n) is 2.43. The Labute approximate surface area is 138 Å². The third kappa shape index (κ3) is 2.99. The van der Waals surface area contributed by atoms with Crippen molar-refractivity contribution < 1.29 is 9.53 Å². The van der Waals surface area contributed by atoms with E-state index in [1.165, 1.54) is 4.57 Å². The molecule has 122 valence electrons. The number of nitrogens with zero attached hydrogens (tertiary/aromatic N) is 2. The first-order valence-electron chi connectivity index (χ1n) is 7.47. The van der Waals surface area contributed by atoms with Crippen LogP contribution in [0.5, 0.6) is 5.75 Å². The number of carbonyl (C=O) groups is 1. The summed E-state index contributed by atoms with van der Waals surface area (Å²) in [5, 5.41) is 3.34. The molecule has 1 N–H and O–H groups in total. The molecule has 6 nitrogen and oxygen atoms in total. The number of amides is 1. The van der Waals surface area contributed by atoms with Crippen molar-refractivity contribution in [2.75, 3.05) is 7.11 Å². The smallest absolute Gasteiger partial charge is 0.261 e. The second kappa shape index (κ2) is 6.54. The van der Waals surface area contributed by atoms with E-state index in [9.17, 15) is 9.59 Å². The SMILES string of the molecule is COc1ccc(C(=O)NCc2nc3ccccc3c(=O)n2C)cc1. The maximum atomic E-state index is 12.3. The number of ether oxygens (including phenoxy) is 1. The van der Waals surface area contributed by atoms with Crippen LogP contribution in [0.3, 0.4) is 0 Å². The Morgan fingerprint density at radius 1 is 1.17 bits per heavy atom. The molecule has 24 heavy (non-hydrogen) atoms. The quantitative estimate of drug-likeness (QED) is 0.795. The topological polar surface area (TPSA) is 73.2 Å². The maximum Gasteiger partial charge on any atom is 0.261 e. The van der Waals surface area contributed by atoms with Gasteiger partial charge in [-0.3, -0.25) is 14.2 Å². The normalized spacial score (nSPS) is 10.6. The van der Waals surface area contributed by atoms with Crippen molar-refractivity contribution in [2.24, 2.45) is 7.05 Å². The third-order valence-corrected chi connectivity index (χ3v) is 3.84. The van der Waals surface area contributed by atoms with Gasteiger partial charge in [0.05, 0.1) is 24.6 Å². The fourth-order valence-corrected chi connectivity index (χ4v) is 2.43. The van der Waals surface area contributed by atoms with Crippen molar-refractivity contribution in [3.63, 3.8) is 0 Å². The van der Waals surface area contributed by atoms with E-state index in [1.54, 1.807) is 56.6 Å². The summed E-state index contributed by atoms with van der Waals surface area (Å²) in [4.78, 5) is 29.0. The van der Waals surface area contributed by atoms with Crippen LogP contribution < -0.4 is 15.6 Å². The van der Waals surface area contributed by atoms with Crippen molar-refractivity contribution in [3.8, 4) is 5.75 Å². The predicted molar refractivity (Wildman–Crippen MR) is 91.1 cm³/mol. The highest BCUT2D eigenvalue weighted by Gasteiger charge is 2.10. The Morgan fingerprint density at radius 3 is 2.58 bits per heavy atom. The van der Waals surface area contributed by atoms with Crippen LogP contribution in [0, 0.1) is 0 Å². The molecule has 1 amide bonds. The van der Waals surface area contributed by atoms with Crippen molar-refractivity contribution in [2.45, 2.75) is 6.54 Å². The largest absolute Gasteiger partial charge is 0.497 e. The van der Waals surface area contributed by atoms with Gasteiger partial charge in [0.1, 0.15) is 11.6 Å². The minimum Gasteiger partial charge on any atom is -0.497 e. The number of carbonyl (C=O) groups excluding carboxylic acids is 1. The molecule has 1 aromatic heterocycles. The van der Waals surface area contributed by atoms with E-state index in [2.05, 4.69) is 10.3 Å². The van der Waals surface area contributed by atoms with E-state index in [4.69, 9.17) is 4.74 Å². The van der Waals surface area contributed by atoms with Gasteiger partial charge in [-0.2, -0.15) is 0 Å². The van der Waals surface area contributed by atoms with Crippen molar-refractivity contribution in [1.82, 2.24) is 14.9 Å². The Kier molecular flexibility index (Phi) is 4.29.